The summed E-state index contributed by atoms with van der Waals surface area (Å²) in [6, 6.07) is 7.84. The predicted octanol–water partition coefficient (Wildman–Crippen LogP) is 3.63. The molecule has 0 amide bonds. The molecule has 1 aromatic rings. The van der Waals surface area contributed by atoms with Crippen molar-refractivity contribution in [2.24, 2.45) is 17.6 Å². The Labute approximate surface area is 91.3 Å². The van der Waals surface area contributed by atoms with Crippen molar-refractivity contribution in [2.75, 3.05) is 0 Å². The highest BCUT2D eigenvalue weighted by atomic mass is 35.5. The Kier molecular flexibility index (Phi) is 3.97. The maximum Gasteiger partial charge on any atom is 0.0453 e. The Morgan fingerprint density at radius 1 is 1.14 bits per heavy atom. The van der Waals surface area contributed by atoms with E-state index >= 15 is 0 Å². The molecule has 2 heteroatoms. The molecule has 0 heterocycles. The van der Waals surface area contributed by atoms with Crippen LogP contribution in [0.25, 0.3) is 0 Å². The number of benzene rings is 1. The van der Waals surface area contributed by atoms with E-state index in [4.69, 9.17) is 17.3 Å². The molecule has 14 heavy (non-hydrogen) atoms. The van der Waals surface area contributed by atoms with Crippen LogP contribution in [0.3, 0.4) is 0 Å². The second kappa shape index (κ2) is 4.81. The Morgan fingerprint density at radius 2 is 1.71 bits per heavy atom. The highest BCUT2D eigenvalue weighted by molar-refractivity contribution is 6.31. The van der Waals surface area contributed by atoms with E-state index in [1.807, 2.05) is 24.3 Å². The third-order valence-electron chi connectivity index (χ3n) is 2.88. The van der Waals surface area contributed by atoms with Gasteiger partial charge in [-0.05, 0) is 23.5 Å². The van der Waals surface area contributed by atoms with Crippen LogP contribution < -0.4 is 5.73 Å². The molecule has 0 aliphatic carbocycles. The highest BCUT2D eigenvalue weighted by Crippen LogP contribution is 2.29. The molecule has 1 aromatic carbocycles. The Bertz CT molecular complexity index is 296. The van der Waals surface area contributed by atoms with Gasteiger partial charge in [-0.2, -0.15) is 0 Å². The van der Waals surface area contributed by atoms with Gasteiger partial charge in [0.05, 0.1) is 0 Å². The smallest absolute Gasteiger partial charge is 0.0453 e. The second-order valence-corrected chi connectivity index (χ2v) is 4.56. The standard InChI is InChI=1S/C12H18ClN/c1-8(2)9(3)12(14)10-6-4-5-7-11(10)13/h4-9,12H,14H2,1-3H3. The van der Waals surface area contributed by atoms with E-state index in [1.165, 1.54) is 0 Å². The van der Waals surface area contributed by atoms with Gasteiger partial charge in [-0.3, -0.25) is 0 Å². The largest absolute Gasteiger partial charge is 0.324 e. The summed E-state index contributed by atoms with van der Waals surface area (Å²) in [6.45, 7) is 6.53. The SMILES string of the molecule is CC(C)C(C)C(N)c1ccccc1Cl. The molecule has 2 unspecified atom stereocenters. The Balaban J connectivity index is 2.89. The normalized spacial score (nSPS) is 15.6. The quantitative estimate of drug-likeness (QED) is 0.812. The summed E-state index contributed by atoms with van der Waals surface area (Å²) in [4.78, 5) is 0. The van der Waals surface area contributed by atoms with Crippen molar-refractivity contribution >= 4 is 11.6 Å². The van der Waals surface area contributed by atoms with E-state index in [2.05, 4.69) is 20.8 Å². The molecule has 1 rings (SSSR count). The summed E-state index contributed by atoms with van der Waals surface area (Å²) >= 11 is 6.09. The van der Waals surface area contributed by atoms with E-state index in [9.17, 15) is 0 Å². The van der Waals surface area contributed by atoms with Crippen molar-refractivity contribution in [3.05, 3.63) is 34.9 Å². The molecule has 1 nitrogen and oxygen atoms in total. The summed E-state index contributed by atoms with van der Waals surface area (Å²) in [5.41, 5.74) is 7.21. The van der Waals surface area contributed by atoms with E-state index in [0.29, 0.717) is 11.8 Å². The van der Waals surface area contributed by atoms with Gasteiger partial charge in [-0.25, -0.2) is 0 Å². The number of hydrogen-bond acceptors (Lipinski definition) is 1. The molecule has 2 atom stereocenters. The molecule has 0 saturated heterocycles. The third-order valence-corrected chi connectivity index (χ3v) is 3.23. The lowest BCUT2D eigenvalue weighted by atomic mass is 9.87. The van der Waals surface area contributed by atoms with E-state index < -0.39 is 0 Å². The fourth-order valence-electron chi connectivity index (χ4n) is 1.44. The zero-order valence-corrected chi connectivity index (χ0v) is 9.75. The van der Waals surface area contributed by atoms with Crippen molar-refractivity contribution < 1.29 is 0 Å². The van der Waals surface area contributed by atoms with Crippen molar-refractivity contribution in [1.29, 1.82) is 0 Å². The summed E-state index contributed by atoms with van der Waals surface area (Å²) in [7, 11) is 0. The molecular weight excluding hydrogens is 194 g/mol. The minimum Gasteiger partial charge on any atom is -0.324 e. The zero-order chi connectivity index (χ0) is 10.7. The maximum atomic E-state index is 6.16. The lowest BCUT2D eigenvalue weighted by molar-refractivity contribution is 0.352. The molecule has 2 N–H and O–H groups in total. The molecule has 0 fully saturated rings. The number of nitrogens with two attached hydrogens (primary N) is 1. The number of halogens is 1. The van der Waals surface area contributed by atoms with E-state index in [-0.39, 0.29) is 6.04 Å². The van der Waals surface area contributed by atoms with Gasteiger partial charge in [0, 0.05) is 11.1 Å². The topological polar surface area (TPSA) is 26.0 Å². The van der Waals surface area contributed by atoms with Crippen LogP contribution in [-0.4, -0.2) is 0 Å². The van der Waals surface area contributed by atoms with Crippen LogP contribution in [0.2, 0.25) is 5.02 Å². The lowest BCUT2D eigenvalue weighted by Gasteiger charge is -2.24. The lowest BCUT2D eigenvalue weighted by Crippen LogP contribution is -2.23. The van der Waals surface area contributed by atoms with Gasteiger partial charge in [-0.15, -0.1) is 0 Å². The van der Waals surface area contributed by atoms with Gasteiger partial charge in [0.25, 0.3) is 0 Å². The minimum absolute atomic E-state index is 0.0312. The average Bonchev–Trinajstić information content (AvgIpc) is 2.16. The Hall–Kier alpha value is -0.530. The van der Waals surface area contributed by atoms with Crippen LogP contribution in [-0.2, 0) is 0 Å². The van der Waals surface area contributed by atoms with Gasteiger partial charge in [0.1, 0.15) is 0 Å². The molecule has 0 aromatic heterocycles. The van der Waals surface area contributed by atoms with Crippen LogP contribution in [0.4, 0.5) is 0 Å². The van der Waals surface area contributed by atoms with Crippen molar-refractivity contribution in [3.8, 4) is 0 Å². The van der Waals surface area contributed by atoms with Gasteiger partial charge in [0.2, 0.25) is 0 Å². The monoisotopic (exact) mass is 211 g/mol. The van der Waals surface area contributed by atoms with E-state index in [0.717, 1.165) is 10.6 Å². The van der Waals surface area contributed by atoms with Gasteiger partial charge in [-0.1, -0.05) is 50.6 Å². The molecule has 0 saturated carbocycles. The first-order valence-corrected chi connectivity index (χ1v) is 5.42. The fourth-order valence-corrected chi connectivity index (χ4v) is 1.71. The first-order chi connectivity index (χ1) is 6.54. The first-order valence-electron chi connectivity index (χ1n) is 5.04. The number of rotatable bonds is 3. The molecule has 0 bridgehead atoms. The first kappa shape index (κ1) is 11.5. The predicted molar refractivity (Wildman–Crippen MR) is 62.4 cm³/mol. The zero-order valence-electron chi connectivity index (χ0n) is 9.00. The Morgan fingerprint density at radius 3 is 2.21 bits per heavy atom. The highest BCUT2D eigenvalue weighted by Gasteiger charge is 2.19. The number of hydrogen-bond donors (Lipinski definition) is 1. The summed E-state index contributed by atoms with van der Waals surface area (Å²) in [5.74, 6) is 1.01. The average molecular weight is 212 g/mol. The second-order valence-electron chi connectivity index (χ2n) is 4.15. The molecular formula is C12H18ClN. The van der Waals surface area contributed by atoms with Gasteiger partial charge >= 0.3 is 0 Å². The minimum atomic E-state index is 0.0312. The van der Waals surface area contributed by atoms with Crippen molar-refractivity contribution in [1.82, 2.24) is 0 Å². The molecule has 0 aliphatic rings. The molecule has 0 spiro atoms. The molecule has 78 valence electrons. The van der Waals surface area contributed by atoms with Gasteiger partial charge in [0.15, 0.2) is 0 Å². The summed E-state index contributed by atoms with van der Waals surface area (Å²) in [5, 5.41) is 0.771. The van der Waals surface area contributed by atoms with Crippen molar-refractivity contribution in [2.45, 2.75) is 26.8 Å². The maximum absolute atomic E-state index is 6.16. The van der Waals surface area contributed by atoms with Crippen molar-refractivity contribution in [3.63, 3.8) is 0 Å². The van der Waals surface area contributed by atoms with Crippen LogP contribution >= 0.6 is 11.6 Å². The third kappa shape index (κ3) is 2.49. The van der Waals surface area contributed by atoms with Crippen LogP contribution in [0.1, 0.15) is 32.4 Å². The van der Waals surface area contributed by atoms with Crippen LogP contribution in [0, 0.1) is 11.8 Å². The van der Waals surface area contributed by atoms with E-state index in [1.54, 1.807) is 0 Å². The van der Waals surface area contributed by atoms with Gasteiger partial charge < -0.3 is 5.73 Å². The molecule has 0 radical (unpaired) electrons. The summed E-state index contributed by atoms with van der Waals surface area (Å²) in [6.07, 6.45) is 0. The summed E-state index contributed by atoms with van der Waals surface area (Å²) < 4.78 is 0. The van der Waals surface area contributed by atoms with Crippen LogP contribution in [0.5, 0.6) is 0 Å². The van der Waals surface area contributed by atoms with Crippen LogP contribution in [0.15, 0.2) is 24.3 Å². The molecule has 0 aliphatic heterocycles. The fraction of sp³-hybridized carbons (Fsp3) is 0.500.